The summed E-state index contributed by atoms with van der Waals surface area (Å²) in [6.45, 7) is 9.10. The maximum Gasteiger partial charge on any atom is 0.509 e. The summed E-state index contributed by atoms with van der Waals surface area (Å²) in [7, 11) is 1.25. The summed E-state index contributed by atoms with van der Waals surface area (Å²) in [4.78, 5) is 37.6. The molecule has 3 aliphatic heterocycles. The fourth-order valence-corrected chi connectivity index (χ4v) is 5.28. The molecule has 220 valence electrons. The molecule has 12 nitrogen and oxygen atoms in total. The normalized spacial score (nSPS) is 35.0. The minimum Gasteiger partial charge on any atom is -0.467 e. The molecule has 1 aromatic carbocycles. The van der Waals surface area contributed by atoms with Crippen molar-refractivity contribution in [1.29, 1.82) is 0 Å². The Morgan fingerprint density at radius 1 is 1.10 bits per heavy atom. The summed E-state index contributed by atoms with van der Waals surface area (Å²) < 4.78 is 46.2. The number of rotatable bonds is 10. The SMILES string of the molecule is C=CCOC(=O)OC1[C@H](O[C@@H]2C(CC)O[C@@H](C)C3NC(=O)O[C@H]32)OC(C(=O)OC)[C@@H](C)[C@@H]1OCc1ccccc1. The van der Waals surface area contributed by atoms with Crippen LogP contribution in [0.25, 0.3) is 0 Å². The average molecular weight is 564 g/mol. The molecule has 0 saturated carbocycles. The fraction of sp³-hybridized carbons (Fsp3) is 0.607. The number of hydrogen-bond donors (Lipinski definition) is 1. The number of carbonyl (C=O) groups excluding carboxylic acids is 3. The second-order valence-corrected chi connectivity index (χ2v) is 9.93. The number of fused-ring (bicyclic) bond motifs is 1. The third-order valence-corrected chi connectivity index (χ3v) is 7.30. The van der Waals surface area contributed by atoms with Gasteiger partial charge in [-0.05, 0) is 18.9 Å². The molecule has 3 fully saturated rings. The van der Waals surface area contributed by atoms with E-state index in [2.05, 4.69) is 11.9 Å². The lowest BCUT2D eigenvalue weighted by Gasteiger charge is -2.47. The van der Waals surface area contributed by atoms with E-state index in [1.54, 1.807) is 6.92 Å². The Morgan fingerprint density at radius 2 is 1.85 bits per heavy atom. The van der Waals surface area contributed by atoms with Gasteiger partial charge in [-0.2, -0.15) is 0 Å². The summed E-state index contributed by atoms with van der Waals surface area (Å²) in [5, 5.41) is 2.75. The van der Waals surface area contributed by atoms with Gasteiger partial charge in [-0.25, -0.2) is 14.4 Å². The van der Waals surface area contributed by atoms with Crippen molar-refractivity contribution in [3.05, 3.63) is 48.6 Å². The predicted octanol–water partition coefficient (Wildman–Crippen LogP) is 2.87. The van der Waals surface area contributed by atoms with E-state index in [0.717, 1.165) is 5.56 Å². The molecule has 1 aromatic rings. The molecule has 1 amide bonds. The van der Waals surface area contributed by atoms with Crippen LogP contribution in [-0.2, 0) is 49.3 Å². The molecule has 0 aliphatic carbocycles. The van der Waals surface area contributed by atoms with E-state index in [0.29, 0.717) is 6.42 Å². The lowest BCUT2D eigenvalue weighted by atomic mass is 9.89. The van der Waals surface area contributed by atoms with Crippen LogP contribution in [0.15, 0.2) is 43.0 Å². The van der Waals surface area contributed by atoms with Gasteiger partial charge in [0.05, 0.1) is 32.0 Å². The Bertz CT molecular complexity index is 1040. The van der Waals surface area contributed by atoms with Gasteiger partial charge in [0.1, 0.15) is 18.8 Å². The Hall–Kier alpha value is -3.19. The van der Waals surface area contributed by atoms with E-state index in [9.17, 15) is 14.4 Å². The van der Waals surface area contributed by atoms with Crippen molar-refractivity contribution >= 4 is 18.2 Å². The van der Waals surface area contributed by atoms with Crippen LogP contribution in [0.1, 0.15) is 32.8 Å². The van der Waals surface area contributed by atoms with Crippen molar-refractivity contribution in [3.63, 3.8) is 0 Å². The van der Waals surface area contributed by atoms with E-state index in [1.807, 2.05) is 44.2 Å². The molecule has 12 heteroatoms. The molecule has 10 atom stereocenters. The zero-order valence-corrected chi connectivity index (χ0v) is 23.1. The summed E-state index contributed by atoms with van der Waals surface area (Å²) in [5.41, 5.74) is 0.869. The molecule has 4 rings (SSSR count). The smallest absolute Gasteiger partial charge is 0.467 e. The summed E-state index contributed by atoms with van der Waals surface area (Å²) in [6.07, 6.45) is -6.47. The number of carbonyl (C=O) groups is 3. The van der Waals surface area contributed by atoms with Gasteiger partial charge in [-0.15, -0.1) is 0 Å². The molecule has 4 unspecified atom stereocenters. The van der Waals surface area contributed by atoms with Gasteiger partial charge in [-0.1, -0.05) is 56.8 Å². The van der Waals surface area contributed by atoms with Crippen molar-refractivity contribution in [2.75, 3.05) is 13.7 Å². The maximum absolute atomic E-state index is 12.8. The van der Waals surface area contributed by atoms with Crippen molar-refractivity contribution in [2.24, 2.45) is 5.92 Å². The van der Waals surface area contributed by atoms with Crippen LogP contribution < -0.4 is 5.32 Å². The van der Waals surface area contributed by atoms with Crippen molar-refractivity contribution in [1.82, 2.24) is 5.32 Å². The molecular formula is C28H37NO11. The molecule has 0 aromatic heterocycles. The highest BCUT2D eigenvalue weighted by Crippen LogP contribution is 2.37. The Balaban J connectivity index is 1.66. The van der Waals surface area contributed by atoms with Crippen molar-refractivity contribution in [2.45, 2.75) is 88.9 Å². The molecule has 3 aliphatic rings. The maximum atomic E-state index is 12.8. The lowest BCUT2D eigenvalue weighted by molar-refractivity contribution is -0.323. The Labute approximate surface area is 233 Å². The van der Waals surface area contributed by atoms with E-state index in [4.69, 9.17) is 37.9 Å². The third kappa shape index (κ3) is 6.57. The van der Waals surface area contributed by atoms with Crippen LogP contribution in [0.3, 0.4) is 0 Å². The first-order chi connectivity index (χ1) is 19.3. The average Bonchev–Trinajstić information content (AvgIpc) is 3.36. The number of esters is 1. The van der Waals surface area contributed by atoms with Gasteiger partial charge in [0, 0.05) is 5.92 Å². The van der Waals surface area contributed by atoms with Crippen LogP contribution in [-0.4, -0.2) is 87.0 Å². The number of hydrogen-bond acceptors (Lipinski definition) is 11. The number of amides is 1. The van der Waals surface area contributed by atoms with Gasteiger partial charge >= 0.3 is 18.2 Å². The molecule has 3 heterocycles. The molecule has 3 saturated heterocycles. The first-order valence-electron chi connectivity index (χ1n) is 13.4. The lowest BCUT2D eigenvalue weighted by Crippen LogP contribution is -2.64. The number of benzene rings is 1. The molecule has 0 spiro atoms. The number of nitrogens with one attached hydrogen (secondary N) is 1. The topological polar surface area (TPSA) is 137 Å². The summed E-state index contributed by atoms with van der Waals surface area (Å²) in [5.74, 6) is -1.26. The fourth-order valence-electron chi connectivity index (χ4n) is 5.28. The summed E-state index contributed by atoms with van der Waals surface area (Å²) in [6, 6.07) is 8.93. The zero-order chi connectivity index (χ0) is 28.8. The Kier molecular flexibility index (Phi) is 10.0. The third-order valence-electron chi connectivity index (χ3n) is 7.30. The highest BCUT2D eigenvalue weighted by Gasteiger charge is 2.56. The van der Waals surface area contributed by atoms with Crippen LogP contribution >= 0.6 is 0 Å². The standard InChI is InChI=1S/C28H37NO11/c1-6-13-34-28(32)40-24-20(35-14-17-11-9-8-10-12-17)15(3)21(25(30)33-5)37-26(24)38-22-18(7-2)36-16(4)19-23(22)39-27(31)29-19/h6,8-12,15-16,18-24,26H,1,7,13-14H2,2-5H3,(H,29,31)/t15-,16-,18?,19?,20-,21?,22+,23+,24?,26-/m0/s1. The monoisotopic (exact) mass is 563 g/mol. The molecule has 40 heavy (non-hydrogen) atoms. The van der Waals surface area contributed by atoms with Gasteiger partial charge in [0.25, 0.3) is 0 Å². The first-order valence-corrected chi connectivity index (χ1v) is 13.4. The van der Waals surface area contributed by atoms with Crippen molar-refractivity contribution < 1.29 is 52.3 Å². The molecular weight excluding hydrogens is 526 g/mol. The molecule has 1 N–H and O–H groups in total. The largest absolute Gasteiger partial charge is 0.509 e. The minimum atomic E-state index is -1.33. The second-order valence-electron chi connectivity index (χ2n) is 9.93. The van der Waals surface area contributed by atoms with E-state index >= 15 is 0 Å². The van der Waals surface area contributed by atoms with Gasteiger partial charge in [0.2, 0.25) is 0 Å². The molecule has 0 radical (unpaired) electrons. The number of ether oxygens (including phenoxy) is 8. The number of methoxy groups -OCH3 is 1. The van der Waals surface area contributed by atoms with Crippen LogP contribution in [0, 0.1) is 5.92 Å². The van der Waals surface area contributed by atoms with Crippen LogP contribution in [0.4, 0.5) is 9.59 Å². The van der Waals surface area contributed by atoms with Crippen molar-refractivity contribution in [3.8, 4) is 0 Å². The van der Waals surface area contributed by atoms with E-state index < -0.39 is 73.1 Å². The predicted molar refractivity (Wildman–Crippen MR) is 138 cm³/mol. The highest BCUT2D eigenvalue weighted by atomic mass is 16.8. The highest BCUT2D eigenvalue weighted by molar-refractivity contribution is 5.75. The Morgan fingerprint density at radius 3 is 2.52 bits per heavy atom. The van der Waals surface area contributed by atoms with Gasteiger partial charge in [-0.3, -0.25) is 0 Å². The zero-order valence-electron chi connectivity index (χ0n) is 23.1. The van der Waals surface area contributed by atoms with Gasteiger partial charge in [0.15, 0.2) is 24.6 Å². The van der Waals surface area contributed by atoms with E-state index in [1.165, 1.54) is 13.2 Å². The quantitative estimate of drug-likeness (QED) is 0.256. The number of alkyl carbamates (subject to hydrolysis) is 1. The van der Waals surface area contributed by atoms with Crippen LogP contribution in [0.5, 0.6) is 0 Å². The minimum absolute atomic E-state index is 0.0779. The molecule has 0 bridgehead atoms. The first kappa shape index (κ1) is 29.8. The van der Waals surface area contributed by atoms with Gasteiger partial charge < -0.3 is 43.2 Å². The van der Waals surface area contributed by atoms with Crippen LogP contribution in [0.2, 0.25) is 0 Å². The van der Waals surface area contributed by atoms with E-state index in [-0.39, 0.29) is 19.3 Å². The second kappa shape index (κ2) is 13.4. The summed E-state index contributed by atoms with van der Waals surface area (Å²) >= 11 is 0.